The van der Waals surface area contributed by atoms with E-state index in [4.69, 9.17) is 4.42 Å². The minimum absolute atomic E-state index is 0.00166. The van der Waals surface area contributed by atoms with E-state index in [1.807, 2.05) is 48.5 Å². The number of phenolic OH excluding ortho intramolecular Hbond substituents is 8. The third-order valence-electron chi connectivity index (χ3n) is 9.70. The molecule has 0 unspecified atom stereocenters. The predicted molar refractivity (Wildman–Crippen MR) is 196 cm³/mol. The highest BCUT2D eigenvalue weighted by Crippen LogP contribution is 2.61. The molecule has 8 aromatic carbocycles. The number of hydrogen-bond acceptors (Lipinski definition) is 9. The van der Waals surface area contributed by atoms with E-state index in [-0.39, 0.29) is 32.7 Å². The Morgan fingerprint density at radius 1 is 0.333 bits per heavy atom. The van der Waals surface area contributed by atoms with E-state index in [0.717, 1.165) is 38.3 Å². The first kappa shape index (κ1) is 29.8. The lowest BCUT2D eigenvalue weighted by Gasteiger charge is -2.22. The zero-order valence-electron chi connectivity index (χ0n) is 26.4. The van der Waals surface area contributed by atoms with Crippen molar-refractivity contribution in [3.8, 4) is 79.4 Å². The fourth-order valence-electron chi connectivity index (χ4n) is 7.37. The molecule has 0 aliphatic heterocycles. The van der Waals surface area contributed by atoms with Crippen LogP contribution in [-0.4, -0.2) is 40.9 Å². The van der Waals surface area contributed by atoms with Crippen molar-refractivity contribution in [2.45, 2.75) is 0 Å². The normalized spacial score (nSPS) is 11.8. The van der Waals surface area contributed by atoms with Crippen molar-refractivity contribution in [1.29, 1.82) is 0 Å². The molecule has 0 aliphatic carbocycles. The van der Waals surface area contributed by atoms with E-state index in [9.17, 15) is 40.9 Å². The van der Waals surface area contributed by atoms with Crippen LogP contribution in [0.15, 0.2) is 114 Å². The number of rotatable bonds is 3. The molecule has 9 rings (SSSR count). The number of furan rings is 1. The van der Waals surface area contributed by atoms with Crippen molar-refractivity contribution in [2.24, 2.45) is 0 Å². The molecule has 9 heteroatoms. The fraction of sp³-hybridized carbons (Fsp3) is 0. The molecular weight excluding hydrogens is 648 g/mol. The first-order valence-corrected chi connectivity index (χ1v) is 15.9. The van der Waals surface area contributed by atoms with E-state index >= 15 is 0 Å². The van der Waals surface area contributed by atoms with E-state index in [1.54, 1.807) is 54.6 Å². The third kappa shape index (κ3) is 4.09. The van der Waals surface area contributed by atoms with Crippen molar-refractivity contribution < 1.29 is 45.3 Å². The van der Waals surface area contributed by atoms with E-state index in [0.29, 0.717) is 16.7 Å². The van der Waals surface area contributed by atoms with Crippen LogP contribution in [0.5, 0.6) is 46.0 Å². The second-order valence-corrected chi connectivity index (χ2v) is 12.5. The van der Waals surface area contributed by atoms with E-state index in [1.165, 1.54) is 0 Å². The summed E-state index contributed by atoms with van der Waals surface area (Å²) in [6, 6.07) is 33.2. The standard InChI is InChI=1S/C42H26O9/c43-35-31-28(20-7-2-1-3-8-20)32-34(38(46)42(50)40(48)36(32)44)29(33(31)37(45)41(49)39(35)47)21-15-13-19(14-16-21)24-11-6-12-26-30(24)25-17-22-9-4-5-10-23(22)18-27(25)51-26/h1-18,43-50H. The molecule has 8 N–H and O–H groups in total. The maximum absolute atomic E-state index is 11.4. The lowest BCUT2D eigenvalue weighted by Crippen LogP contribution is -1.94. The summed E-state index contributed by atoms with van der Waals surface area (Å²) in [5.74, 6) is -7.37. The van der Waals surface area contributed by atoms with Gasteiger partial charge >= 0.3 is 0 Å². The summed E-state index contributed by atoms with van der Waals surface area (Å²) in [6.07, 6.45) is 0. The molecule has 9 nitrogen and oxygen atoms in total. The molecule has 0 radical (unpaired) electrons. The molecule has 1 aromatic heterocycles. The zero-order chi connectivity index (χ0) is 35.3. The predicted octanol–water partition coefficient (Wildman–Crippen LogP) is 9.69. The molecule has 51 heavy (non-hydrogen) atoms. The van der Waals surface area contributed by atoms with Gasteiger partial charge in [-0.15, -0.1) is 0 Å². The molecular formula is C42H26O9. The van der Waals surface area contributed by atoms with Crippen LogP contribution in [0.3, 0.4) is 0 Å². The molecule has 0 atom stereocenters. The number of benzene rings is 8. The van der Waals surface area contributed by atoms with Crippen LogP contribution in [0.1, 0.15) is 0 Å². The van der Waals surface area contributed by atoms with Crippen molar-refractivity contribution in [2.75, 3.05) is 0 Å². The molecule has 0 aliphatic rings. The minimum atomic E-state index is -1.02. The SMILES string of the molecule is Oc1c(O)c(O)c2c(-c3ccc(-c4cccc5oc6cc7ccccc7cc6c45)cc3)c3c(O)c(O)c(O)c(O)c3c(-c3ccccc3)c2c1O. The highest BCUT2D eigenvalue weighted by Gasteiger charge is 2.32. The molecule has 9 aromatic rings. The summed E-state index contributed by atoms with van der Waals surface area (Å²) in [7, 11) is 0. The number of hydrogen-bond donors (Lipinski definition) is 8. The highest BCUT2D eigenvalue weighted by molar-refractivity contribution is 6.29. The summed E-state index contributed by atoms with van der Waals surface area (Å²) >= 11 is 0. The maximum atomic E-state index is 11.4. The van der Waals surface area contributed by atoms with Gasteiger partial charge in [-0.25, -0.2) is 0 Å². The Morgan fingerprint density at radius 3 is 1.31 bits per heavy atom. The van der Waals surface area contributed by atoms with Crippen molar-refractivity contribution in [1.82, 2.24) is 0 Å². The van der Waals surface area contributed by atoms with Gasteiger partial charge in [0.25, 0.3) is 0 Å². The Morgan fingerprint density at radius 2 is 0.784 bits per heavy atom. The van der Waals surface area contributed by atoms with Crippen LogP contribution in [0, 0.1) is 0 Å². The topological polar surface area (TPSA) is 175 Å². The molecule has 248 valence electrons. The summed E-state index contributed by atoms with van der Waals surface area (Å²) in [5.41, 5.74) is 3.74. The number of phenols is 8. The van der Waals surface area contributed by atoms with Gasteiger partial charge in [0.15, 0.2) is 23.0 Å². The highest BCUT2D eigenvalue weighted by atomic mass is 16.4. The molecule has 0 spiro atoms. The largest absolute Gasteiger partial charge is 0.504 e. The Hall–Kier alpha value is -7.26. The summed E-state index contributed by atoms with van der Waals surface area (Å²) in [4.78, 5) is 0. The number of aromatic hydroxyl groups is 8. The van der Waals surface area contributed by atoms with Crippen LogP contribution in [-0.2, 0) is 0 Å². The van der Waals surface area contributed by atoms with Gasteiger partial charge in [0.1, 0.15) is 11.2 Å². The van der Waals surface area contributed by atoms with Crippen molar-refractivity contribution in [3.05, 3.63) is 109 Å². The van der Waals surface area contributed by atoms with Gasteiger partial charge in [-0.2, -0.15) is 0 Å². The summed E-state index contributed by atoms with van der Waals surface area (Å²) < 4.78 is 6.26. The molecule has 1 heterocycles. The molecule has 0 bridgehead atoms. The average Bonchev–Trinajstić information content (AvgIpc) is 3.53. The Kier molecular flexibility index (Phi) is 6.21. The summed E-state index contributed by atoms with van der Waals surface area (Å²) in [6.45, 7) is 0. The lowest BCUT2D eigenvalue weighted by molar-refractivity contribution is 0.350. The zero-order valence-corrected chi connectivity index (χ0v) is 26.4. The van der Waals surface area contributed by atoms with Gasteiger partial charge < -0.3 is 45.3 Å². The molecule has 0 saturated carbocycles. The fourth-order valence-corrected chi connectivity index (χ4v) is 7.37. The van der Waals surface area contributed by atoms with Gasteiger partial charge in [-0.1, -0.05) is 91.0 Å². The quantitative estimate of drug-likeness (QED) is 0.0515. The second kappa shape index (κ2) is 10.6. The maximum Gasteiger partial charge on any atom is 0.204 e. The summed E-state index contributed by atoms with van der Waals surface area (Å²) in [5, 5.41) is 91.7. The Balaban J connectivity index is 1.37. The van der Waals surface area contributed by atoms with Crippen LogP contribution < -0.4 is 0 Å². The first-order valence-electron chi connectivity index (χ1n) is 15.9. The van der Waals surface area contributed by atoms with Gasteiger partial charge in [0.2, 0.25) is 23.0 Å². The first-order chi connectivity index (χ1) is 24.7. The third-order valence-corrected chi connectivity index (χ3v) is 9.70. The molecule has 0 saturated heterocycles. The second-order valence-electron chi connectivity index (χ2n) is 12.5. The van der Waals surface area contributed by atoms with Crippen LogP contribution in [0.2, 0.25) is 0 Å². The van der Waals surface area contributed by atoms with Crippen LogP contribution in [0.4, 0.5) is 0 Å². The Labute approximate surface area is 287 Å². The van der Waals surface area contributed by atoms with Crippen molar-refractivity contribution >= 4 is 54.3 Å². The monoisotopic (exact) mass is 674 g/mol. The van der Waals surface area contributed by atoms with Gasteiger partial charge in [-0.3, -0.25) is 0 Å². The van der Waals surface area contributed by atoms with E-state index in [2.05, 4.69) is 6.07 Å². The number of fused-ring (bicyclic) bond motifs is 6. The molecule has 0 fully saturated rings. The van der Waals surface area contributed by atoms with Crippen molar-refractivity contribution in [3.63, 3.8) is 0 Å². The Bertz CT molecular complexity index is 2850. The van der Waals surface area contributed by atoms with Gasteiger partial charge in [0.05, 0.1) is 0 Å². The van der Waals surface area contributed by atoms with E-state index < -0.39 is 46.0 Å². The smallest absolute Gasteiger partial charge is 0.204 e. The van der Waals surface area contributed by atoms with Crippen LogP contribution >= 0.6 is 0 Å². The average molecular weight is 675 g/mol. The van der Waals surface area contributed by atoms with Gasteiger partial charge in [-0.05, 0) is 51.2 Å². The lowest BCUT2D eigenvalue weighted by atomic mass is 9.83. The van der Waals surface area contributed by atoms with Crippen LogP contribution in [0.25, 0.3) is 87.6 Å². The molecule has 0 amide bonds. The van der Waals surface area contributed by atoms with Gasteiger partial charge in [0, 0.05) is 43.4 Å². The minimum Gasteiger partial charge on any atom is -0.504 e.